The van der Waals surface area contributed by atoms with Gasteiger partial charge in [-0.1, -0.05) is 74.5 Å². The van der Waals surface area contributed by atoms with Gasteiger partial charge in [-0.25, -0.2) is 0 Å². The standard InChI is InChI=1S/C18H19O/c1-14(2)18(3,16-12-8-5-9-13-16)17(19)15-10-6-4-7-11-15/h4-13H,1-3H3. The van der Waals surface area contributed by atoms with Gasteiger partial charge in [0, 0.05) is 5.56 Å². The van der Waals surface area contributed by atoms with E-state index in [4.69, 9.17) is 0 Å². The maximum atomic E-state index is 12.9. The van der Waals surface area contributed by atoms with Crippen LogP contribution in [0.4, 0.5) is 0 Å². The van der Waals surface area contributed by atoms with Crippen molar-refractivity contribution in [1.82, 2.24) is 0 Å². The SMILES string of the molecule is C[C](C)C(C)(C(=O)c1ccccc1)c1ccccc1. The summed E-state index contributed by atoms with van der Waals surface area (Å²) in [5, 5.41) is 0. The van der Waals surface area contributed by atoms with Gasteiger partial charge in [0.2, 0.25) is 0 Å². The lowest BCUT2D eigenvalue weighted by Crippen LogP contribution is -2.36. The van der Waals surface area contributed by atoms with Crippen LogP contribution in [0.3, 0.4) is 0 Å². The highest BCUT2D eigenvalue weighted by Gasteiger charge is 2.38. The Bertz CT molecular complexity index is 542. The maximum absolute atomic E-state index is 12.9. The van der Waals surface area contributed by atoms with Crippen molar-refractivity contribution in [2.75, 3.05) is 0 Å². The average molecular weight is 251 g/mol. The summed E-state index contributed by atoms with van der Waals surface area (Å²) in [4.78, 5) is 12.9. The predicted molar refractivity (Wildman–Crippen MR) is 79.2 cm³/mol. The average Bonchev–Trinajstić information content (AvgIpc) is 2.47. The van der Waals surface area contributed by atoms with Gasteiger partial charge in [-0.3, -0.25) is 4.79 Å². The number of ketones is 1. The minimum atomic E-state index is -0.567. The van der Waals surface area contributed by atoms with E-state index in [9.17, 15) is 4.79 Å². The van der Waals surface area contributed by atoms with E-state index in [-0.39, 0.29) is 5.78 Å². The summed E-state index contributed by atoms with van der Waals surface area (Å²) < 4.78 is 0. The Labute approximate surface area is 115 Å². The molecule has 0 fully saturated rings. The summed E-state index contributed by atoms with van der Waals surface area (Å²) in [6.45, 7) is 6.05. The zero-order valence-electron chi connectivity index (χ0n) is 11.7. The molecule has 0 N–H and O–H groups in total. The Balaban J connectivity index is 2.50. The molecule has 0 aliphatic carbocycles. The van der Waals surface area contributed by atoms with Crippen LogP contribution in [0.25, 0.3) is 0 Å². The van der Waals surface area contributed by atoms with E-state index in [2.05, 4.69) is 0 Å². The molecule has 0 spiro atoms. The van der Waals surface area contributed by atoms with Gasteiger partial charge >= 0.3 is 0 Å². The third-order valence-electron chi connectivity index (χ3n) is 3.84. The Kier molecular flexibility index (Phi) is 3.84. The molecule has 19 heavy (non-hydrogen) atoms. The van der Waals surface area contributed by atoms with E-state index >= 15 is 0 Å². The highest BCUT2D eigenvalue weighted by atomic mass is 16.1. The van der Waals surface area contributed by atoms with E-state index in [0.29, 0.717) is 0 Å². The lowest BCUT2D eigenvalue weighted by atomic mass is 9.68. The Morgan fingerprint density at radius 3 is 1.79 bits per heavy atom. The minimum Gasteiger partial charge on any atom is -0.293 e. The summed E-state index contributed by atoms with van der Waals surface area (Å²) in [7, 11) is 0. The molecule has 0 aliphatic rings. The van der Waals surface area contributed by atoms with Gasteiger partial charge < -0.3 is 0 Å². The van der Waals surface area contributed by atoms with Crippen molar-refractivity contribution in [2.24, 2.45) is 0 Å². The maximum Gasteiger partial charge on any atom is 0.173 e. The summed E-state index contributed by atoms with van der Waals surface area (Å²) in [5.74, 6) is 1.26. The van der Waals surface area contributed by atoms with E-state index in [1.807, 2.05) is 81.4 Å². The molecule has 1 radical (unpaired) electrons. The largest absolute Gasteiger partial charge is 0.293 e. The highest BCUT2D eigenvalue weighted by molar-refractivity contribution is 6.05. The van der Waals surface area contributed by atoms with Crippen LogP contribution in [-0.4, -0.2) is 5.78 Å². The van der Waals surface area contributed by atoms with Crippen LogP contribution in [0.5, 0.6) is 0 Å². The number of rotatable bonds is 4. The van der Waals surface area contributed by atoms with Crippen molar-refractivity contribution in [3.8, 4) is 0 Å². The van der Waals surface area contributed by atoms with E-state index in [1.165, 1.54) is 0 Å². The minimum absolute atomic E-state index is 0.152. The van der Waals surface area contributed by atoms with Gasteiger partial charge in [0.1, 0.15) is 0 Å². The van der Waals surface area contributed by atoms with Gasteiger partial charge in [0.05, 0.1) is 5.41 Å². The third-order valence-corrected chi connectivity index (χ3v) is 3.84. The molecule has 0 saturated heterocycles. The molecule has 1 atom stereocenters. The molecule has 0 aromatic heterocycles. The van der Waals surface area contributed by atoms with Crippen LogP contribution in [0.2, 0.25) is 0 Å². The van der Waals surface area contributed by atoms with E-state index in [1.54, 1.807) is 0 Å². The van der Waals surface area contributed by atoms with Gasteiger partial charge in [-0.2, -0.15) is 0 Å². The van der Waals surface area contributed by atoms with Gasteiger partial charge in [-0.15, -0.1) is 0 Å². The number of benzene rings is 2. The van der Waals surface area contributed by atoms with Crippen LogP contribution >= 0.6 is 0 Å². The second kappa shape index (κ2) is 5.40. The Morgan fingerprint density at radius 1 is 0.842 bits per heavy atom. The second-order valence-corrected chi connectivity index (χ2v) is 5.19. The van der Waals surface area contributed by atoms with Crippen molar-refractivity contribution in [3.63, 3.8) is 0 Å². The van der Waals surface area contributed by atoms with Crippen molar-refractivity contribution >= 4 is 5.78 Å². The monoisotopic (exact) mass is 251 g/mol. The molecule has 2 aromatic carbocycles. The number of hydrogen-bond acceptors (Lipinski definition) is 1. The molecule has 0 bridgehead atoms. The fourth-order valence-electron chi connectivity index (χ4n) is 2.30. The van der Waals surface area contributed by atoms with E-state index in [0.717, 1.165) is 17.0 Å². The summed E-state index contributed by atoms with van der Waals surface area (Å²) in [6, 6.07) is 19.5. The Morgan fingerprint density at radius 2 is 1.32 bits per heavy atom. The van der Waals surface area contributed by atoms with Crippen LogP contribution in [0, 0.1) is 5.92 Å². The molecular weight excluding hydrogens is 232 g/mol. The highest BCUT2D eigenvalue weighted by Crippen LogP contribution is 2.36. The fourth-order valence-corrected chi connectivity index (χ4v) is 2.30. The predicted octanol–water partition coefficient (Wildman–Crippen LogP) is 4.44. The first kappa shape index (κ1) is 13.5. The van der Waals surface area contributed by atoms with Crippen LogP contribution < -0.4 is 0 Å². The molecular formula is C18H19O. The molecule has 2 rings (SSSR count). The molecule has 97 valence electrons. The first-order chi connectivity index (χ1) is 9.06. The quantitative estimate of drug-likeness (QED) is 0.734. The van der Waals surface area contributed by atoms with Gasteiger partial charge in [-0.05, 0) is 18.4 Å². The van der Waals surface area contributed by atoms with E-state index < -0.39 is 5.41 Å². The van der Waals surface area contributed by atoms with Crippen molar-refractivity contribution in [3.05, 3.63) is 77.7 Å². The number of carbonyl (C=O) groups is 1. The zero-order valence-corrected chi connectivity index (χ0v) is 11.7. The van der Waals surface area contributed by atoms with Crippen LogP contribution in [-0.2, 0) is 5.41 Å². The summed E-state index contributed by atoms with van der Waals surface area (Å²) >= 11 is 0. The fraction of sp³-hybridized carbons (Fsp3) is 0.222. The molecule has 0 heterocycles. The topological polar surface area (TPSA) is 17.1 Å². The number of hydrogen-bond donors (Lipinski definition) is 0. The van der Waals surface area contributed by atoms with Crippen LogP contribution in [0.1, 0.15) is 36.7 Å². The molecule has 0 amide bonds. The first-order valence-corrected chi connectivity index (χ1v) is 6.53. The van der Waals surface area contributed by atoms with Crippen molar-refractivity contribution in [1.29, 1.82) is 0 Å². The lowest BCUT2D eigenvalue weighted by molar-refractivity contribution is 0.0906. The molecule has 1 heteroatoms. The zero-order chi connectivity index (χ0) is 13.9. The molecule has 0 saturated carbocycles. The van der Waals surface area contributed by atoms with Crippen LogP contribution in [0.15, 0.2) is 60.7 Å². The second-order valence-electron chi connectivity index (χ2n) is 5.19. The molecule has 0 aliphatic heterocycles. The summed E-state index contributed by atoms with van der Waals surface area (Å²) in [6.07, 6.45) is 0. The van der Waals surface area contributed by atoms with Gasteiger partial charge in [0.15, 0.2) is 5.78 Å². The molecule has 1 unspecified atom stereocenters. The summed E-state index contributed by atoms with van der Waals surface area (Å²) in [5.41, 5.74) is 1.24. The molecule has 1 nitrogen and oxygen atoms in total. The molecule has 2 aromatic rings. The number of Topliss-reactive ketones (excluding diaryl/α,β-unsaturated/α-hetero) is 1. The Hall–Kier alpha value is -1.89. The first-order valence-electron chi connectivity index (χ1n) is 6.53. The normalized spacial score (nSPS) is 14.1. The van der Waals surface area contributed by atoms with Crippen molar-refractivity contribution < 1.29 is 4.79 Å². The van der Waals surface area contributed by atoms with Crippen molar-refractivity contribution in [2.45, 2.75) is 26.2 Å². The number of carbonyl (C=O) groups excluding carboxylic acids is 1. The lowest BCUT2D eigenvalue weighted by Gasteiger charge is -2.32. The van der Waals surface area contributed by atoms with Gasteiger partial charge in [0.25, 0.3) is 0 Å². The third kappa shape index (κ3) is 2.46. The smallest absolute Gasteiger partial charge is 0.173 e.